The van der Waals surface area contributed by atoms with Gasteiger partial charge in [0.15, 0.2) is 13.6 Å². The standard InChI is InChI=1S/C34H34N4O5S2/c1-21(36-25-10-6-23(7-11-25)34-38-29-15-13-27(43-20-41-3)17-32(29)45-34)30(39)18-35-24-8-4-22(5-9-24)33-37-28-14-12-26(42-19-40-2)16-31(28)44-33/h4-17,21,30,35-36,39H,18-20H2,1-3H3. The van der Waals surface area contributed by atoms with Crippen molar-refractivity contribution in [3.8, 4) is 32.6 Å². The molecule has 2 atom stereocenters. The fourth-order valence-corrected chi connectivity index (χ4v) is 6.69. The summed E-state index contributed by atoms with van der Waals surface area (Å²) >= 11 is 3.24. The van der Waals surface area contributed by atoms with Crippen molar-refractivity contribution in [2.24, 2.45) is 0 Å². The molecule has 0 bridgehead atoms. The highest BCUT2D eigenvalue weighted by molar-refractivity contribution is 7.22. The molecule has 2 aromatic heterocycles. The van der Waals surface area contributed by atoms with Crippen LogP contribution in [0.4, 0.5) is 11.4 Å². The van der Waals surface area contributed by atoms with E-state index >= 15 is 0 Å². The first kappa shape index (κ1) is 30.8. The number of thiazole rings is 2. The van der Waals surface area contributed by atoms with Gasteiger partial charge in [0.2, 0.25) is 0 Å². The van der Waals surface area contributed by atoms with Gasteiger partial charge >= 0.3 is 0 Å². The fraction of sp³-hybridized carbons (Fsp3) is 0.235. The van der Waals surface area contributed by atoms with Crippen molar-refractivity contribution in [3.63, 3.8) is 0 Å². The van der Waals surface area contributed by atoms with Crippen molar-refractivity contribution in [2.75, 3.05) is 45.0 Å². The highest BCUT2D eigenvalue weighted by atomic mass is 32.1. The van der Waals surface area contributed by atoms with Gasteiger partial charge in [-0.15, -0.1) is 22.7 Å². The van der Waals surface area contributed by atoms with Gasteiger partial charge in [0, 0.05) is 43.3 Å². The van der Waals surface area contributed by atoms with Crippen molar-refractivity contribution >= 4 is 54.5 Å². The summed E-state index contributed by atoms with van der Waals surface area (Å²) in [6, 6.07) is 27.7. The molecule has 232 valence electrons. The Bertz CT molecular complexity index is 1860. The molecule has 0 spiro atoms. The molecule has 11 heteroatoms. The number of aliphatic hydroxyl groups excluding tert-OH is 1. The molecule has 0 amide bonds. The van der Waals surface area contributed by atoms with Crippen LogP contribution >= 0.6 is 22.7 Å². The Morgan fingerprint density at radius 2 is 1.18 bits per heavy atom. The maximum absolute atomic E-state index is 10.8. The maximum Gasteiger partial charge on any atom is 0.188 e. The van der Waals surface area contributed by atoms with Crippen LogP contribution in [-0.2, 0) is 9.47 Å². The molecule has 4 aromatic carbocycles. The van der Waals surface area contributed by atoms with Gasteiger partial charge in [0.1, 0.15) is 21.5 Å². The smallest absolute Gasteiger partial charge is 0.188 e. The van der Waals surface area contributed by atoms with Crippen LogP contribution in [0, 0.1) is 0 Å². The largest absolute Gasteiger partial charge is 0.468 e. The number of rotatable bonds is 14. The minimum atomic E-state index is -0.609. The Hall–Kier alpha value is -4.26. The first-order valence-electron chi connectivity index (χ1n) is 14.4. The molecule has 0 saturated carbocycles. The van der Waals surface area contributed by atoms with Gasteiger partial charge in [-0.3, -0.25) is 0 Å². The molecule has 0 fully saturated rings. The van der Waals surface area contributed by atoms with Crippen molar-refractivity contribution in [3.05, 3.63) is 84.9 Å². The zero-order chi connectivity index (χ0) is 31.2. The van der Waals surface area contributed by atoms with E-state index in [4.69, 9.17) is 28.9 Å². The van der Waals surface area contributed by atoms with E-state index in [0.29, 0.717) is 6.54 Å². The van der Waals surface area contributed by atoms with Crippen molar-refractivity contribution < 1.29 is 24.1 Å². The third-order valence-corrected chi connectivity index (χ3v) is 9.29. The summed E-state index contributed by atoms with van der Waals surface area (Å²) in [7, 11) is 3.20. The second kappa shape index (κ2) is 14.2. The number of benzene rings is 4. The SMILES string of the molecule is COCOc1ccc2nc(-c3ccc(NCC(O)C(C)Nc4ccc(-c5nc6ccc(OCOC)cc6s5)cc4)cc3)sc2c1. The van der Waals surface area contributed by atoms with Crippen molar-refractivity contribution in [1.82, 2.24) is 9.97 Å². The Morgan fingerprint density at radius 3 is 1.67 bits per heavy atom. The zero-order valence-electron chi connectivity index (χ0n) is 25.2. The summed E-state index contributed by atoms with van der Waals surface area (Å²) in [5.74, 6) is 1.51. The molecule has 2 unspecified atom stereocenters. The lowest BCUT2D eigenvalue weighted by Gasteiger charge is -2.22. The van der Waals surface area contributed by atoms with Crippen LogP contribution < -0.4 is 20.1 Å². The van der Waals surface area contributed by atoms with Crippen LogP contribution in [0.5, 0.6) is 11.5 Å². The van der Waals surface area contributed by atoms with Crippen LogP contribution in [0.2, 0.25) is 0 Å². The lowest BCUT2D eigenvalue weighted by Crippen LogP contribution is -2.36. The Morgan fingerprint density at radius 1 is 0.689 bits per heavy atom. The molecular formula is C34H34N4O5S2. The molecule has 3 N–H and O–H groups in total. The monoisotopic (exact) mass is 642 g/mol. The van der Waals surface area contributed by atoms with E-state index in [1.165, 1.54) is 0 Å². The molecule has 45 heavy (non-hydrogen) atoms. The van der Waals surface area contributed by atoms with Gasteiger partial charge < -0.3 is 34.7 Å². The predicted octanol–water partition coefficient (Wildman–Crippen LogP) is 7.48. The molecule has 2 heterocycles. The van der Waals surface area contributed by atoms with Gasteiger partial charge in [0.05, 0.1) is 32.6 Å². The average molecular weight is 643 g/mol. The minimum absolute atomic E-state index is 0.170. The van der Waals surface area contributed by atoms with E-state index in [1.807, 2.05) is 91.9 Å². The van der Waals surface area contributed by atoms with E-state index in [-0.39, 0.29) is 19.6 Å². The van der Waals surface area contributed by atoms with Crippen LogP contribution in [-0.4, -0.2) is 61.6 Å². The molecule has 6 rings (SSSR count). The summed E-state index contributed by atoms with van der Waals surface area (Å²) in [6.07, 6.45) is -0.609. The molecular weight excluding hydrogens is 609 g/mol. The van der Waals surface area contributed by atoms with E-state index in [1.54, 1.807) is 36.9 Å². The second-order valence-corrected chi connectivity index (χ2v) is 12.5. The Balaban J connectivity index is 1.01. The van der Waals surface area contributed by atoms with Crippen molar-refractivity contribution in [2.45, 2.75) is 19.1 Å². The topological polar surface area (TPSA) is 107 Å². The Labute approximate surface area is 269 Å². The lowest BCUT2D eigenvalue weighted by molar-refractivity contribution is 0.0511. The average Bonchev–Trinajstić information content (AvgIpc) is 3.70. The number of aromatic nitrogens is 2. The number of anilines is 2. The maximum atomic E-state index is 10.8. The second-order valence-electron chi connectivity index (χ2n) is 10.4. The first-order valence-corrected chi connectivity index (χ1v) is 16.1. The van der Waals surface area contributed by atoms with E-state index in [9.17, 15) is 5.11 Å². The number of methoxy groups -OCH3 is 2. The van der Waals surface area contributed by atoms with Crippen LogP contribution in [0.3, 0.4) is 0 Å². The van der Waals surface area contributed by atoms with Gasteiger partial charge in [-0.2, -0.15) is 0 Å². The number of nitrogens with zero attached hydrogens (tertiary/aromatic N) is 2. The van der Waals surface area contributed by atoms with Gasteiger partial charge in [-0.1, -0.05) is 0 Å². The van der Waals surface area contributed by atoms with Gasteiger partial charge in [0.25, 0.3) is 0 Å². The third kappa shape index (κ3) is 7.52. The molecule has 6 aromatic rings. The molecule has 0 aliphatic rings. The number of ether oxygens (including phenoxy) is 4. The van der Waals surface area contributed by atoms with Crippen molar-refractivity contribution in [1.29, 1.82) is 0 Å². The number of aliphatic hydroxyl groups is 1. The highest BCUT2D eigenvalue weighted by Crippen LogP contribution is 2.34. The summed E-state index contributed by atoms with van der Waals surface area (Å²) in [5, 5.41) is 19.5. The predicted molar refractivity (Wildman–Crippen MR) is 183 cm³/mol. The van der Waals surface area contributed by atoms with Gasteiger partial charge in [-0.25, -0.2) is 9.97 Å². The summed E-state index contributed by atoms with van der Waals surface area (Å²) in [5.41, 5.74) is 5.79. The number of hydrogen-bond acceptors (Lipinski definition) is 11. The molecule has 0 aliphatic carbocycles. The fourth-order valence-electron chi connectivity index (χ4n) is 4.69. The van der Waals surface area contributed by atoms with Gasteiger partial charge in [-0.05, 0) is 91.9 Å². The van der Waals surface area contributed by atoms with Crippen LogP contribution in [0.15, 0.2) is 84.9 Å². The molecule has 0 saturated heterocycles. The summed E-state index contributed by atoms with van der Waals surface area (Å²) in [4.78, 5) is 9.54. The summed E-state index contributed by atoms with van der Waals surface area (Å²) in [6.45, 7) is 2.79. The van der Waals surface area contributed by atoms with Crippen LogP contribution in [0.25, 0.3) is 41.6 Å². The summed E-state index contributed by atoms with van der Waals surface area (Å²) < 4.78 is 23.2. The zero-order valence-corrected chi connectivity index (χ0v) is 26.8. The van der Waals surface area contributed by atoms with E-state index in [0.717, 1.165) is 64.4 Å². The van der Waals surface area contributed by atoms with Crippen LogP contribution in [0.1, 0.15) is 6.92 Å². The highest BCUT2D eigenvalue weighted by Gasteiger charge is 2.15. The molecule has 0 aliphatic heterocycles. The lowest BCUT2D eigenvalue weighted by atomic mass is 10.1. The molecule has 9 nitrogen and oxygen atoms in total. The normalized spacial score (nSPS) is 12.7. The number of fused-ring (bicyclic) bond motifs is 2. The number of nitrogens with one attached hydrogen (secondary N) is 2. The quantitative estimate of drug-likeness (QED) is 0.104. The van der Waals surface area contributed by atoms with E-state index < -0.39 is 6.10 Å². The Kier molecular flexibility index (Phi) is 9.72. The first-order chi connectivity index (χ1) is 22.0. The van der Waals surface area contributed by atoms with E-state index in [2.05, 4.69) is 10.6 Å². The minimum Gasteiger partial charge on any atom is -0.468 e. The third-order valence-electron chi connectivity index (χ3n) is 7.16. The number of hydrogen-bond donors (Lipinski definition) is 3. The molecule has 0 radical (unpaired) electrons.